The van der Waals surface area contributed by atoms with Crippen LogP contribution in [-0.4, -0.2) is 34.3 Å². The molecule has 1 aliphatic heterocycles. The van der Waals surface area contributed by atoms with Crippen molar-refractivity contribution in [2.45, 2.75) is 37.8 Å². The van der Waals surface area contributed by atoms with Crippen LogP contribution in [0.2, 0.25) is 0 Å². The number of hydrogen-bond acceptors (Lipinski definition) is 5. The lowest BCUT2D eigenvalue weighted by molar-refractivity contribution is -0.201. The van der Waals surface area contributed by atoms with E-state index in [1.165, 1.54) is 0 Å². The van der Waals surface area contributed by atoms with Crippen LogP contribution in [0.25, 0.3) is 0 Å². The van der Waals surface area contributed by atoms with Gasteiger partial charge in [0, 0.05) is 5.71 Å². The first-order valence-electron chi connectivity index (χ1n) is 7.10. The van der Waals surface area contributed by atoms with Crippen molar-refractivity contribution in [3.8, 4) is 0 Å². The van der Waals surface area contributed by atoms with Crippen molar-refractivity contribution in [2.75, 3.05) is 5.01 Å². The molecule has 2 heterocycles. The Balaban J connectivity index is 2.54. The number of halogens is 10. The Morgan fingerprint density at radius 1 is 1.04 bits per heavy atom. The Morgan fingerprint density at radius 3 is 1.86 bits per heavy atom. The highest BCUT2D eigenvalue weighted by Crippen LogP contribution is 2.41. The highest BCUT2D eigenvalue weighted by molar-refractivity contribution is 14.1. The summed E-state index contributed by atoms with van der Waals surface area (Å²) in [5.74, 6) is -1.88. The van der Waals surface area contributed by atoms with Gasteiger partial charge in [-0.25, -0.2) is 9.99 Å². The average molecular weight is 537 g/mol. The summed E-state index contributed by atoms with van der Waals surface area (Å²) in [5.41, 5.74) is -5.22. The SMILES string of the molecule is CC1=NN(c2cc(C(F)(F)F)nc(C(F)(F)F)c2)C(O)C1C(OI)C(F)(F)F. The molecule has 5 nitrogen and oxygen atoms in total. The van der Waals surface area contributed by atoms with E-state index in [-0.39, 0.29) is 17.1 Å². The number of aromatic nitrogens is 1. The zero-order chi connectivity index (χ0) is 21.7. The molecular formula is C13H9F9IN3O2. The molecule has 0 amide bonds. The van der Waals surface area contributed by atoms with Gasteiger partial charge in [0.1, 0.15) is 34.4 Å². The average Bonchev–Trinajstić information content (AvgIpc) is 2.80. The molecule has 0 saturated carbocycles. The van der Waals surface area contributed by atoms with Gasteiger partial charge in [0.2, 0.25) is 0 Å². The summed E-state index contributed by atoms with van der Waals surface area (Å²) in [7, 11) is 0. The van der Waals surface area contributed by atoms with Crippen LogP contribution in [0.1, 0.15) is 18.3 Å². The number of hydrazone groups is 1. The maximum absolute atomic E-state index is 13.1. The lowest BCUT2D eigenvalue weighted by Crippen LogP contribution is -2.46. The molecule has 158 valence electrons. The van der Waals surface area contributed by atoms with E-state index in [1.54, 1.807) is 0 Å². The van der Waals surface area contributed by atoms with Crippen LogP contribution < -0.4 is 5.01 Å². The number of aliphatic hydroxyl groups is 1. The molecule has 15 heteroatoms. The first-order chi connectivity index (χ1) is 12.6. The fourth-order valence-corrected chi connectivity index (χ4v) is 3.10. The van der Waals surface area contributed by atoms with Crippen molar-refractivity contribution in [3.05, 3.63) is 23.5 Å². The van der Waals surface area contributed by atoms with Crippen molar-refractivity contribution in [3.63, 3.8) is 0 Å². The zero-order valence-electron chi connectivity index (χ0n) is 13.4. The van der Waals surface area contributed by atoms with Crippen LogP contribution in [0, 0.1) is 5.92 Å². The highest BCUT2D eigenvalue weighted by atomic mass is 127. The summed E-state index contributed by atoms with van der Waals surface area (Å²) in [6.07, 6.45) is -20.4. The van der Waals surface area contributed by atoms with E-state index >= 15 is 0 Å². The van der Waals surface area contributed by atoms with Crippen molar-refractivity contribution in [1.82, 2.24) is 4.98 Å². The molecule has 0 aliphatic carbocycles. The molecule has 1 aliphatic rings. The van der Waals surface area contributed by atoms with Crippen LogP contribution in [0.3, 0.4) is 0 Å². The van der Waals surface area contributed by atoms with E-state index in [4.69, 9.17) is 0 Å². The lowest BCUT2D eigenvalue weighted by atomic mass is 9.96. The maximum atomic E-state index is 13.1. The van der Waals surface area contributed by atoms with Crippen molar-refractivity contribution in [2.24, 2.45) is 11.0 Å². The van der Waals surface area contributed by atoms with Gasteiger partial charge in [-0.15, -0.1) is 0 Å². The van der Waals surface area contributed by atoms with Crippen molar-refractivity contribution >= 4 is 34.4 Å². The molecule has 0 radical (unpaired) electrons. The molecule has 1 N–H and O–H groups in total. The standard InChI is InChI=1S/C13H9F9IN3O2/c1-4-8(9(28-23)13(20,21)22)10(27)26(25-4)5-2-6(11(14,15)16)24-7(3-5)12(17,18)19/h2-3,8-10,27H,1H3. The summed E-state index contributed by atoms with van der Waals surface area (Å²) in [6.45, 7) is 1.03. The predicted molar refractivity (Wildman–Crippen MR) is 84.3 cm³/mol. The van der Waals surface area contributed by atoms with Crippen molar-refractivity contribution < 1.29 is 47.7 Å². The molecular weight excluding hydrogens is 528 g/mol. The van der Waals surface area contributed by atoms with Gasteiger partial charge in [-0.3, -0.25) is 0 Å². The Labute approximate surface area is 164 Å². The van der Waals surface area contributed by atoms with Gasteiger partial charge in [0.15, 0.2) is 12.3 Å². The molecule has 1 aromatic heterocycles. The number of nitrogens with zero attached hydrogens (tertiary/aromatic N) is 3. The van der Waals surface area contributed by atoms with Gasteiger partial charge in [0.05, 0.1) is 11.6 Å². The van der Waals surface area contributed by atoms with Crippen LogP contribution in [0.5, 0.6) is 0 Å². The van der Waals surface area contributed by atoms with E-state index < -0.39 is 59.6 Å². The van der Waals surface area contributed by atoms with E-state index in [0.717, 1.165) is 29.9 Å². The molecule has 0 fully saturated rings. The molecule has 1 aromatic rings. The van der Waals surface area contributed by atoms with Gasteiger partial charge in [-0.05, 0) is 19.1 Å². The van der Waals surface area contributed by atoms with Crippen molar-refractivity contribution in [1.29, 1.82) is 0 Å². The first-order valence-corrected chi connectivity index (χ1v) is 7.98. The Kier molecular flexibility index (Phi) is 6.12. The Bertz CT molecular complexity index is 731. The van der Waals surface area contributed by atoms with Crippen LogP contribution in [0.15, 0.2) is 17.2 Å². The second kappa shape index (κ2) is 7.47. The number of hydrogen-bond donors (Lipinski definition) is 1. The van der Waals surface area contributed by atoms with Gasteiger partial charge >= 0.3 is 18.5 Å². The van der Waals surface area contributed by atoms with E-state index in [2.05, 4.69) is 13.2 Å². The Morgan fingerprint density at radius 2 is 1.50 bits per heavy atom. The second-order valence-electron chi connectivity index (χ2n) is 5.67. The third-order valence-electron chi connectivity index (χ3n) is 3.72. The van der Waals surface area contributed by atoms with E-state index in [1.807, 2.05) is 0 Å². The quantitative estimate of drug-likeness (QED) is 0.455. The lowest BCUT2D eigenvalue weighted by Gasteiger charge is -2.29. The monoisotopic (exact) mass is 537 g/mol. The largest absolute Gasteiger partial charge is 0.433 e. The topological polar surface area (TPSA) is 58.0 Å². The fraction of sp³-hybridized carbons (Fsp3) is 0.538. The van der Waals surface area contributed by atoms with Crippen LogP contribution in [-0.2, 0) is 15.4 Å². The first kappa shape index (κ1) is 22.9. The van der Waals surface area contributed by atoms with E-state index in [0.29, 0.717) is 0 Å². The van der Waals surface area contributed by atoms with Gasteiger partial charge in [0.25, 0.3) is 0 Å². The molecule has 3 atom stereocenters. The summed E-state index contributed by atoms with van der Waals surface area (Å²) in [4.78, 5) is 2.49. The van der Waals surface area contributed by atoms with Crippen LogP contribution >= 0.6 is 23.0 Å². The smallest absolute Gasteiger partial charge is 0.371 e. The third-order valence-corrected chi connectivity index (χ3v) is 4.27. The van der Waals surface area contributed by atoms with E-state index in [9.17, 15) is 44.6 Å². The molecule has 0 spiro atoms. The minimum Gasteiger partial charge on any atom is -0.371 e. The van der Waals surface area contributed by atoms with Gasteiger partial charge < -0.3 is 8.17 Å². The molecule has 3 unspecified atom stereocenters. The summed E-state index contributed by atoms with van der Waals surface area (Å²) < 4.78 is 121. The number of aliphatic hydroxyl groups excluding tert-OH is 1. The minimum atomic E-state index is -5.28. The number of rotatable bonds is 3. The number of alkyl halides is 9. The molecule has 0 saturated heterocycles. The summed E-state index contributed by atoms with van der Waals surface area (Å²) >= 11 is 0.926. The highest BCUT2D eigenvalue weighted by Gasteiger charge is 2.53. The molecule has 0 bridgehead atoms. The van der Waals surface area contributed by atoms with Crippen LogP contribution in [0.4, 0.5) is 45.2 Å². The Hall–Kier alpha value is -1.36. The minimum absolute atomic E-state index is 0.144. The summed E-state index contributed by atoms with van der Waals surface area (Å²) in [6, 6.07) is 0.288. The molecule has 2 rings (SSSR count). The number of pyridine rings is 1. The predicted octanol–water partition coefficient (Wildman–Crippen LogP) is 4.55. The fourth-order valence-electron chi connectivity index (χ4n) is 2.50. The molecule has 0 aromatic carbocycles. The number of anilines is 1. The maximum Gasteiger partial charge on any atom is 0.433 e. The van der Waals surface area contributed by atoms with Gasteiger partial charge in [-0.1, -0.05) is 0 Å². The molecule has 28 heavy (non-hydrogen) atoms. The third kappa shape index (κ3) is 4.61. The zero-order valence-corrected chi connectivity index (χ0v) is 15.5. The second-order valence-corrected chi connectivity index (χ2v) is 6.18. The van der Waals surface area contributed by atoms with Gasteiger partial charge in [-0.2, -0.15) is 44.6 Å². The summed E-state index contributed by atoms with van der Waals surface area (Å²) in [5, 5.41) is 13.9. The normalized spacial score (nSPS) is 22.4.